The van der Waals surface area contributed by atoms with E-state index in [-0.39, 0.29) is 9.80 Å². The van der Waals surface area contributed by atoms with Gasteiger partial charge in [-0.15, -0.1) is 0 Å². The number of anilines is 2. The maximum atomic E-state index is 13.3. The minimum absolute atomic E-state index is 0.00658. The summed E-state index contributed by atoms with van der Waals surface area (Å²) in [6.45, 7) is 3.16. The predicted octanol–water partition coefficient (Wildman–Crippen LogP) is 3.46. The zero-order valence-corrected chi connectivity index (χ0v) is 18.5. The quantitative estimate of drug-likeness (QED) is 0.757. The summed E-state index contributed by atoms with van der Waals surface area (Å²) in [6.07, 6.45) is 3.01. The molecule has 9 heteroatoms. The molecule has 2 aromatic carbocycles. The monoisotopic (exact) mass is 459 g/mol. The fourth-order valence-corrected chi connectivity index (χ4v) is 5.50. The number of halogens is 1. The summed E-state index contributed by atoms with van der Waals surface area (Å²) in [7, 11) is -4.03. The van der Waals surface area contributed by atoms with Gasteiger partial charge in [-0.2, -0.15) is 0 Å². The number of fused-ring (bicyclic) bond motifs is 1. The van der Waals surface area contributed by atoms with E-state index in [2.05, 4.69) is 6.92 Å². The highest BCUT2D eigenvalue weighted by atomic mass is 35.5. The van der Waals surface area contributed by atoms with Gasteiger partial charge in [0, 0.05) is 35.6 Å². The number of piperidine rings is 1. The first-order chi connectivity index (χ1) is 14.7. The minimum atomic E-state index is -4.03. The van der Waals surface area contributed by atoms with Crippen LogP contribution in [0.1, 0.15) is 30.1 Å². The molecular formula is C22H22ClN3O4S. The lowest BCUT2D eigenvalue weighted by Crippen LogP contribution is -2.41. The number of hydrogen-bond donors (Lipinski definition) is 1. The second-order valence-corrected chi connectivity index (χ2v) is 10.2. The van der Waals surface area contributed by atoms with E-state index in [1.165, 1.54) is 24.4 Å². The van der Waals surface area contributed by atoms with Crippen molar-refractivity contribution in [3.8, 4) is 0 Å². The maximum absolute atomic E-state index is 13.3. The number of likely N-dealkylation sites (tertiary alicyclic amines) is 1. The number of hydrogen-bond acceptors (Lipinski definition) is 5. The molecule has 4 rings (SSSR count). The van der Waals surface area contributed by atoms with Crippen molar-refractivity contribution in [2.24, 2.45) is 11.7 Å². The van der Waals surface area contributed by atoms with Gasteiger partial charge >= 0.3 is 0 Å². The first kappa shape index (κ1) is 21.4. The molecule has 0 radical (unpaired) electrons. The van der Waals surface area contributed by atoms with Crippen molar-refractivity contribution in [3.05, 3.63) is 64.2 Å². The Hall–Kier alpha value is -2.84. The Morgan fingerprint density at radius 1 is 1.06 bits per heavy atom. The van der Waals surface area contributed by atoms with Gasteiger partial charge in [0.25, 0.3) is 5.91 Å². The van der Waals surface area contributed by atoms with Gasteiger partial charge in [0.05, 0.1) is 10.6 Å². The molecule has 2 amide bonds. The number of nitrogens with two attached hydrogens (primary N) is 1. The molecule has 2 N–H and O–H groups in total. The molecule has 0 unspecified atom stereocenters. The summed E-state index contributed by atoms with van der Waals surface area (Å²) >= 11 is 6.15. The van der Waals surface area contributed by atoms with Gasteiger partial charge in [0.15, 0.2) is 4.91 Å². The summed E-state index contributed by atoms with van der Waals surface area (Å²) in [5.41, 5.74) is 6.55. The van der Waals surface area contributed by atoms with Crippen LogP contribution in [0, 0.1) is 5.92 Å². The predicted molar refractivity (Wildman–Crippen MR) is 119 cm³/mol. The molecule has 0 atom stereocenters. The van der Waals surface area contributed by atoms with Crippen molar-refractivity contribution in [3.63, 3.8) is 0 Å². The van der Waals surface area contributed by atoms with E-state index in [9.17, 15) is 18.0 Å². The van der Waals surface area contributed by atoms with E-state index in [4.69, 9.17) is 17.3 Å². The van der Waals surface area contributed by atoms with Gasteiger partial charge in [-0.3, -0.25) is 9.59 Å². The minimum Gasteiger partial charge on any atom is -0.366 e. The SMILES string of the molecule is CC1CCN(C(=O)C2=CN(c3ccc(C(N)=O)cc3)c3cc(Cl)ccc3S2(=O)=O)CC1. The molecule has 31 heavy (non-hydrogen) atoms. The summed E-state index contributed by atoms with van der Waals surface area (Å²) in [5.74, 6) is -0.572. The fourth-order valence-electron chi connectivity index (χ4n) is 3.82. The average Bonchev–Trinajstić information content (AvgIpc) is 2.74. The van der Waals surface area contributed by atoms with Crippen LogP contribution in [0.3, 0.4) is 0 Å². The van der Waals surface area contributed by atoms with E-state index in [0.717, 1.165) is 12.8 Å². The molecule has 7 nitrogen and oxygen atoms in total. The normalized spacial score (nSPS) is 18.3. The second kappa shape index (κ2) is 8.01. The Balaban J connectivity index is 1.82. The molecule has 2 heterocycles. The Bertz CT molecular complexity index is 1180. The molecule has 0 aliphatic carbocycles. The molecule has 2 aliphatic heterocycles. The van der Waals surface area contributed by atoms with Crippen molar-refractivity contribution in [2.45, 2.75) is 24.7 Å². The average molecular weight is 460 g/mol. The highest BCUT2D eigenvalue weighted by Crippen LogP contribution is 2.41. The number of benzene rings is 2. The second-order valence-electron chi connectivity index (χ2n) is 7.86. The molecule has 1 fully saturated rings. The zero-order chi connectivity index (χ0) is 22.3. The van der Waals surface area contributed by atoms with Crippen molar-refractivity contribution in [1.29, 1.82) is 0 Å². The van der Waals surface area contributed by atoms with Crippen molar-refractivity contribution in [2.75, 3.05) is 18.0 Å². The number of rotatable bonds is 3. The van der Waals surface area contributed by atoms with Crippen LogP contribution >= 0.6 is 11.6 Å². The third-order valence-electron chi connectivity index (χ3n) is 5.72. The lowest BCUT2D eigenvalue weighted by atomic mass is 9.99. The third-order valence-corrected chi connectivity index (χ3v) is 7.74. The Kier molecular flexibility index (Phi) is 5.53. The molecule has 0 aromatic heterocycles. The van der Waals surface area contributed by atoms with Crippen LogP contribution in [0.15, 0.2) is 58.5 Å². The number of nitrogens with zero attached hydrogens (tertiary/aromatic N) is 2. The van der Waals surface area contributed by atoms with Crippen LogP contribution in [0.4, 0.5) is 11.4 Å². The summed E-state index contributed by atoms with van der Waals surface area (Å²) in [6, 6.07) is 10.8. The fraction of sp³-hybridized carbons (Fsp3) is 0.273. The van der Waals surface area contributed by atoms with Crippen LogP contribution in [0.25, 0.3) is 0 Å². The Morgan fingerprint density at radius 2 is 1.71 bits per heavy atom. The number of carbonyl (C=O) groups excluding carboxylic acids is 2. The van der Waals surface area contributed by atoms with Crippen LogP contribution in [-0.2, 0) is 14.6 Å². The first-order valence-electron chi connectivity index (χ1n) is 9.93. The van der Waals surface area contributed by atoms with E-state index in [1.807, 2.05) is 0 Å². The van der Waals surface area contributed by atoms with E-state index < -0.39 is 21.7 Å². The highest BCUT2D eigenvalue weighted by Gasteiger charge is 2.38. The van der Waals surface area contributed by atoms with E-state index >= 15 is 0 Å². The molecule has 0 bridgehead atoms. The third kappa shape index (κ3) is 3.93. The van der Waals surface area contributed by atoms with Gasteiger partial charge in [-0.1, -0.05) is 18.5 Å². The summed E-state index contributed by atoms with van der Waals surface area (Å²) in [4.78, 5) is 27.6. The number of amides is 2. The molecule has 0 spiro atoms. The summed E-state index contributed by atoms with van der Waals surface area (Å²) in [5, 5.41) is 0.362. The van der Waals surface area contributed by atoms with Crippen LogP contribution in [0.2, 0.25) is 5.02 Å². The number of primary amides is 1. The zero-order valence-electron chi connectivity index (χ0n) is 16.9. The van der Waals surface area contributed by atoms with Crippen molar-refractivity contribution >= 4 is 44.6 Å². The van der Waals surface area contributed by atoms with Crippen LogP contribution in [-0.4, -0.2) is 38.2 Å². The molecule has 2 aliphatic rings. The largest absolute Gasteiger partial charge is 0.366 e. The van der Waals surface area contributed by atoms with Crippen molar-refractivity contribution < 1.29 is 18.0 Å². The smallest absolute Gasteiger partial charge is 0.267 e. The van der Waals surface area contributed by atoms with Gasteiger partial charge < -0.3 is 15.5 Å². The topological polar surface area (TPSA) is 101 Å². The lowest BCUT2D eigenvalue weighted by Gasteiger charge is -2.33. The van der Waals surface area contributed by atoms with Gasteiger partial charge in [-0.05, 0) is 61.2 Å². The van der Waals surface area contributed by atoms with Crippen LogP contribution < -0.4 is 10.6 Å². The molecule has 2 aromatic rings. The van der Waals surface area contributed by atoms with Crippen LogP contribution in [0.5, 0.6) is 0 Å². The van der Waals surface area contributed by atoms with Gasteiger partial charge in [-0.25, -0.2) is 8.42 Å². The summed E-state index contributed by atoms with van der Waals surface area (Å²) < 4.78 is 26.7. The molecule has 162 valence electrons. The Labute approximate surface area is 186 Å². The van der Waals surface area contributed by atoms with Gasteiger partial charge in [0.2, 0.25) is 15.7 Å². The van der Waals surface area contributed by atoms with E-state index in [0.29, 0.717) is 41.0 Å². The molecule has 1 saturated heterocycles. The van der Waals surface area contributed by atoms with Gasteiger partial charge in [0.1, 0.15) is 0 Å². The standard InChI is InChI=1S/C22H22ClN3O4S/c1-14-8-10-25(11-9-14)22(28)20-13-26(17-5-2-15(3-6-17)21(24)27)18-12-16(23)4-7-19(18)31(20,29)30/h2-7,12-14H,8-11H2,1H3,(H2,24,27). The lowest BCUT2D eigenvalue weighted by molar-refractivity contribution is -0.127. The number of sulfone groups is 1. The van der Waals surface area contributed by atoms with E-state index in [1.54, 1.807) is 34.1 Å². The van der Waals surface area contributed by atoms with Crippen molar-refractivity contribution in [1.82, 2.24) is 4.90 Å². The molecule has 0 saturated carbocycles. The Morgan fingerprint density at radius 3 is 2.32 bits per heavy atom. The highest BCUT2D eigenvalue weighted by molar-refractivity contribution is 7.96. The molecular weight excluding hydrogens is 438 g/mol. The number of carbonyl (C=O) groups is 2. The first-order valence-corrected chi connectivity index (χ1v) is 11.8. The maximum Gasteiger partial charge on any atom is 0.267 e.